The van der Waals surface area contributed by atoms with Crippen molar-refractivity contribution < 1.29 is 29.0 Å². The minimum atomic E-state index is -1.70. The Balaban J connectivity index is 1.70. The molecule has 0 bridgehead atoms. The molecule has 3 saturated carbocycles. The number of esters is 1. The lowest BCUT2D eigenvalue weighted by atomic mass is 9.45. The van der Waals surface area contributed by atoms with Gasteiger partial charge in [-0.15, -0.1) is 11.6 Å². The second-order valence-electron chi connectivity index (χ2n) is 10.1. The van der Waals surface area contributed by atoms with Crippen LogP contribution in [0.3, 0.4) is 0 Å². The van der Waals surface area contributed by atoms with Crippen molar-refractivity contribution in [2.45, 2.75) is 70.3 Å². The number of carbonyl (C=O) groups is 4. The van der Waals surface area contributed by atoms with E-state index in [0.717, 1.165) is 5.57 Å². The van der Waals surface area contributed by atoms with Crippen LogP contribution < -0.4 is 0 Å². The van der Waals surface area contributed by atoms with Crippen molar-refractivity contribution in [2.75, 3.05) is 6.61 Å². The maximum Gasteiger partial charge on any atom is 0.303 e. The molecule has 0 aromatic heterocycles. The van der Waals surface area contributed by atoms with Crippen molar-refractivity contribution in [3.8, 4) is 0 Å². The van der Waals surface area contributed by atoms with Crippen molar-refractivity contribution in [3.63, 3.8) is 0 Å². The predicted octanol–water partition coefficient (Wildman–Crippen LogP) is 2.78. The summed E-state index contributed by atoms with van der Waals surface area (Å²) in [6, 6.07) is 0. The molecular weight excluding hydrogens is 408 g/mol. The Labute approximate surface area is 181 Å². The van der Waals surface area contributed by atoms with E-state index in [2.05, 4.69) is 0 Å². The third kappa shape index (κ3) is 2.86. The van der Waals surface area contributed by atoms with Gasteiger partial charge in [0.15, 0.2) is 12.4 Å². The van der Waals surface area contributed by atoms with Crippen LogP contribution in [-0.4, -0.2) is 46.0 Å². The molecule has 0 unspecified atom stereocenters. The molecule has 1 N–H and O–H groups in total. The molecule has 4 aliphatic carbocycles. The molecular formula is C23H29ClO6. The third-order valence-corrected chi connectivity index (χ3v) is 9.06. The molecule has 30 heavy (non-hydrogen) atoms. The van der Waals surface area contributed by atoms with Gasteiger partial charge in [0.1, 0.15) is 11.4 Å². The molecule has 7 atom stereocenters. The van der Waals surface area contributed by atoms with E-state index < -0.39 is 34.8 Å². The molecule has 0 saturated heterocycles. The lowest BCUT2D eigenvalue weighted by molar-refractivity contribution is -0.173. The first kappa shape index (κ1) is 21.7. The van der Waals surface area contributed by atoms with Crippen LogP contribution in [0.1, 0.15) is 59.3 Å². The highest BCUT2D eigenvalue weighted by atomic mass is 35.5. The van der Waals surface area contributed by atoms with Crippen molar-refractivity contribution in [3.05, 3.63) is 11.6 Å². The van der Waals surface area contributed by atoms with E-state index in [1.54, 1.807) is 6.08 Å². The number of Topliss-reactive ketones (excluding diaryl/α,β-unsaturated/α-hetero) is 2. The first-order valence-corrected chi connectivity index (χ1v) is 11.2. The Kier molecular flexibility index (Phi) is 5.06. The Morgan fingerprint density at radius 2 is 1.97 bits per heavy atom. The second kappa shape index (κ2) is 6.99. The van der Waals surface area contributed by atoms with Crippen LogP contribution in [0.4, 0.5) is 0 Å². The van der Waals surface area contributed by atoms with Gasteiger partial charge in [0, 0.05) is 36.5 Å². The summed E-state index contributed by atoms with van der Waals surface area (Å²) in [6.07, 6.45) is 4.18. The van der Waals surface area contributed by atoms with Crippen LogP contribution in [0.5, 0.6) is 0 Å². The fourth-order valence-electron chi connectivity index (χ4n) is 7.14. The Morgan fingerprint density at radius 3 is 2.63 bits per heavy atom. The van der Waals surface area contributed by atoms with Gasteiger partial charge in [-0.2, -0.15) is 0 Å². The predicted molar refractivity (Wildman–Crippen MR) is 109 cm³/mol. The van der Waals surface area contributed by atoms with Crippen molar-refractivity contribution >= 4 is 34.9 Å². The Bertz CT molecular complexity index is 864. The Morgan fingerprint density at radius 1 is 1.27 bits per heavy atom. The summed E-state index contributed by atoms with van der Waals surface area (Å²) in [5.74, 6) is -1.37. The monoisotopic (exact) mass is 436 g/mol. The number of rotatable bonds is 3. The number of carbonyl (C=O) groups excluding carboxylic acids is 4. The smallest absolute Gasteiger partial charge is 0.303 e. The van der Waals surface area contributed by atoms with Crippen LogP contribution in [-0.2, 0) is 23.9 Å². The highest BCUT2D eigenvalue weighted by Crippen LogP contribution is 2.67. The third-order valence-electron chi connectivity index (χ3n) is 8.65. The summed E-state index contributed by atoms with van der Waals surface area (Å²) in [5, 5.41) is 11.1. The van der Waals surface area contributed by atoms with E-state index >= 15 is 0 Å². The molecule has 0 aromatic rings. The van der Waals surface area contributed by atoms with E-state index in [4.69, 9.17) is 16.3 Å². The number of alkyl halides is 1. The van der Waals surface area contributed by atoms with E-state index in [0.29, 0.717) is 25.7 Å². The molecule has 4 rings (SSSR count). The summed E-state index contributed by atoms with van der Waals surface area (Å²) in [4.78, 5) is 49.6. The average molecular weight is 437 g/mol. The zero-order valence-corrected chi connectivity index (χ0v) is 18.5. The SMILES string of the molecule is CC(=O)OCC(=O)[C@@]1(O)CC[C@H]2[C@@H]3C[C@H](Cl)C4=CC(=O)CC[C@]4(C)[C@H]3C(=O)C[C@@]21C. The molecule has 0 radical (unpaired) electrons. The maximum atomic E-state index is 13.5. The van der Waals surface area contributed by atoms with E-state index in [9.17, 15) is 24.3 Å². The summed E-state index contributed by atoms with van der Waals surface area (Å²) in [7, 11) is 0. The molecule has 0 amide bonds. The first-order chi connectivity index (χ1) is 13.9. The number of hydrogen-bond donors (Lipinski definition) is 1. The minimum Gasteiger partial charge on any atom is -0.458 e. The zero-order chi connectivity index (χ0) is 22.1. The van der Waals surface area contributed by atoms with Gasteiger partial charge in [0.2, 0.25) is 5.78 Å². The van der Waals surface area contributed by atoms with Crippen LogP contribution in [0.25, 0.3) is 0 Å². The zero-order valence-electron chi connectivity index (χ0n) is 17.7. The lowest BCUT2D eigenvalue weighted by Crippen LogP contribution is -2.62. The standard InChI is InChI=1S/C23H29ClO6/c1-12(25)30-11-19(28)23(29)7-5-15-14-9-17(24)16-8-13(26)4-6-21(16,2)20(14)18(27)10-22(15,23)3/h8,14-15,17,20,29H,4-7,9-11H2,1-3H3/t14-,15-,17-,20+,21-,22-,23-/m0/s1. The van der Waals surface area contributed by atoms with Crippen molar-refractivity contribution in [2.24, 2.45) is 28.6 Å². The molecule has 6 nitrogen and oxygen atoms in total. The van der Waals surface area contributed by atoms with Crippen LogP contribution in [0, 0.1) is 28.6 Å². The molecule has 0 heterocycles. The second-order valence-corrected chi connectivity index (χ2v) is 10.6. The number of fused-ring (bicyclic) bond motifs is 5. The van der Waals surface area contributed by atoms with Crippen LogP contribution >= 0.6 is 11.6 Å². The fourth-order valence-corrected chi connectivity index (χ4v) is 7.66. The van der Waals surface area contributed by atoms with Gasteiger partial charge in [0.25, 0.3) is 0 Å². The number of ether oxygens (including phenoxy) is 1. The van der Waals surface area contributed by atoms with E-state index in [1.807, 2.05) is 13.8 Å². The quantitative estimate of drug-likeness (QED) is 0.539. The lowest BCUT2D eigenvalue weighted by Gasteiger charge is -2.58. The molecule has 164 valence electrons. The Hall–Kier alpha value is -1.53. The first-order valence-electron chi connectivity index (χ1n) is 10.7. The largest absolute Gasteiger partial charge is 0.458 e. The van der Waals surface area contributed by atoms with E-state index in [1.165, 1.54) is 6.92 Å². The van der Waals surface area contributed by atoms with Crippen molar-refractivity contribution in [1.82, 2.24) is 0 Å². The normalized spacial score (nSPS) is 45.2. The van der Waals surface area contributed by atoms with Gasteiger partial charge >= 0.3 is 5.97 Å². The molecule has 3 fully saturated rings. The van der Waals surface area contributed by atoms with Gasteiger partial charge in [-0.25, -0.2) is 0 Å². The number of allylic oxidation sites excluding steroid dienone is 1. The molecule has 4 aliphatic rings. The number of hydrogen-bond acceptors (Lipinski definition) is 6. The molecule has 0 aromatic carbocycles. The van der Waals surface area contributed by atoms with Gasteiger partial charge in [0.05, 0.1) is 5.38 Å². The average Bonchev–Trinajstić information content (AvgIpc) is 2.93. The highest BCUT2D eigenvalue weighted by Gasteiger charge is 2.69. The van der Waals surface area contributed by atoms with E-state index in [-0.39, 0.29) is 47.5 Å². The van der Waals surface area contributed by atoms with Crippen molar-refractivity contribution in [1.29, 1.82) is 0 Å². The summed E-state index contributed by atoms with van der Waals surface area (Å²) >= 11 is 6.75. The van der Waals surface area contributed by atoms with Crippen LogP contribution in [0.15, 0.2) is 11.6 Å². The van der Waals surface area contributed by atoms with Gasteiger partial charge in [-0.05, 0) is 49.2 Å². The van der Waals surface area contributed by atoms with Gasteiger partial charge < -0.3 is 9.84 Å². The van der Waals surface area contributed by atoms with Gasteiger partial charge in [-0.1, -0.05) is 13.8 Å². The number of ketones is 3. The molecule has 0 aliphatic heterocycles. The van der Waals surface area contributed by atoms with Crippen LogP contribution in [0.2, 0.25) is 0 Å². The maximum absolute atomic E-state index is 13.5. The number of aliphatic hydroxyl groups is 1. The molecule has 0 spiro atoms. The highest BCUT2D eigenvalue weighted by molar-refractivity contribution is 6.23. The molecule has 7 heteroatoms. The summed E-state index contributed by atoms with van der Waals surface area (Å²) < 4.78 is 4.86. The fraction of sp³-hybridized carbons (Fsp3) is 0.739. The topological polar surface area (TPSA) is 97.7 Å². The summed E-state index contributed by atoms with van der Waals surface area (Å²) in [6.45, 7) is 4.60. The summed E-state index contributed by atoms with van der Waals surface area (Å²) in [5.41, 5.74) is -2.20. The van der Waals surface area contributed by atoms with Gasteiger partial charge in [-0.3, -0.25) is 19.2 Å². The number of halogens is 1. The minimum absolute atomic E-state index is 0.0330.